The van der Waals surface area contributed by atoms with Crippen LogP contribution in [0.1, 0.15) is 29.3 Å². The number of aryl methyl sites for hydroxylation is 1. The molecule has 2 aromatic rings. The topological polar surface area (TPSA) is 109 Å². The Morgan fingerprint density at radius 3 is 2.48 bits per heavy atom. The molecule has 10 heteroatoms. The fourth-order valence-corrected chi connectivity index (χ4v) is 3.55. The lowest BCUT2D eigenvalue weighted by Crippen LogP contribution is -2.38. The number of aromatic nitrogens is 1. The Bertz CT molecular complexity index is 835. The number of nitrogens with two attached hydrogens (primary N) is 1. The van der Waals surface area contributed by atoms with E-state index in [1.54, 1.807) is 23.5 Å². The summed E-state index contributed by atoms with van der Waals surface area (Å²) >= 11 is 1.68. The van der Waals surface area contributed by atoms with Gasteiger partial charge in [0.25, 0.3) is 0 Å². The maximum absolute atomic E-state index is 11.3. The van der Waals surface area contributed by atoms with Crippen molar-refractivity contribution in [2.24, 2.45) is 10.1 Å². The highest BCUT2D eigenvalue weighted by Crippen LogP contribution is 2.14. The molecule has 1 aromatic carbocycles. The second-order valence-corrected chi connectivity index (χ2v) is 8.40. The first-order chi connectivity index (χ1) is 12.4. The molecule has 0 fully saturated rings. The summed E-state index contributed by atoms with van der Waals surface area (Å²) < 4.78 is 22.5. The van der Waals surface area contributed by atoms with Crippen LogP contribution >= 0.6 is 35.3 Å². The molecule has 0 saturated carbocycles. The molecule has 4 N–H and O–H groups in total. The molecule has 0 aliphatic carbocycles. The summed E-state index contributed by atoms with van der Waals surface area (Å²) in [5, 5.41) is 12.6. The van der Waals surface area contributed by atoms with E-state index in [2.05, 4.69) is 27.5 Å². The highest BCUT2D eigenvalue weighted by atomic mass is 127. The van der Waals surface area contributed by atoms with Gasteiger partial charge in [-0.15, -0.1) is 35.3 Å². The molecule has 0 bridgehead atoms. The predicted molar refractivity (Wildman–Crippen MR) is 121 cm³/mol. The van der Waals surface area contributed by atoms with Gasteiger partial charge >= 0.3 is 0 Å². The molecule has 2 rings (SSSR count). The number of primary sulfonamides is 1. The summed E-state index contributed by atoms with van der Waals surface area (Å²) in [6.07, 6.45) is 3.64. The Morgan fingerprint density at radius 1 is 1.22 bits per heavy atom. The van der Waals surface area contributed by atoms with Crippen molar-refractivity contribution in [1.82, 2.24) is 15.6 Å². The van der Waals surface area contributed by atoms with Gasteiger partial charge in [-0.25, -0.2) is 23.5 Å². The zero-order chi connectivity index (χ0) is 19.0. The van der Waals surface area contributed by atoms with E-state index in [1.807, 2.05) is 13.1 Å². The van der Waals surface area contributed by atoms with Crippen molar-refractivity contribution in [3.05, 3.63) is 45.9 Å². The van der Waals surface area contributed by atoms with Crippen LogP contribution in [0.5, 0.6) is 0 Å². The number of benzene rings is 1. The van der Waals surface area contributed by atoms with Crippen molar-refractivity contribution >= 4 is 51.3 Å². The van der Waals surface area contributed by atoms with Gasteiger partial charge in [0.2, 0.25) is 10.0 Å². The second kappa shape index (κ2) is 11.6. The number of aliphatic imine (C=N–C) groups is 1. The minimum absolute atomic E-state index is 0. The quantitative estimate of drug-likeness (QED) is 0.280. The van der Waals surface area contributed by atoms with Crippen LogP contribution in [0.15, 0.2) is 40.4 Å². The van der Waals surface area contributed by atoms with Crippen LogP contribution in [0.3, 0.4) is 0 Å². The van der Waals surface area contributed by atoms with Crippen molar-refractivity contribution in [3.8, 4) is 0 Å². The van der Waals surface area contributed by atoms with Gasteiger partial charge in [0.1, 0.15) is 5.01 Å². The number of hydrogen-bond acceptors (Lipinski definition) is 5. The SMILES string of the molecule is CCNC(=NCc1ncc(CC)s1)NCCc1ccc(S(N)(=O)=O)cc1.I. The van der Waals surface area contributed by atoms with Crippen molar-refractivity contribution in [3.63, 3.8) is 0 Å². The minimum atomic E-state index is -3.64. The number of nitrogens with one attached hydrogen (secondary N) is 2. The van der Waals surface area contributed by atoms with E-state index in [-0.39, 0.29) is 28.9 Å². The van der Waals surface area contributed by atoms with Crippen molar-refractivity contribution in [2.45, 2.75) is 38.1 Å². The smallest absolute Gasteiger partial charge is 0.238 e. The van der Waals surface area contributed by atoms with E-state index < -0.39 is 10.0 Å². The Kier molecular flexibility index (Phi) is 10.2. The third kappa shape index (κ3) is 8.11. The van der Waals surface area contributed by atoms with Crippen LogP contribution in [-0.2, 0) is 29.4 Å². The summed E-state index contributed by atoms with van der Waals surface area (Å²) in [7, 11) is -3.64. The average molecular weight is 523 g/mol. The van der Waals surface area contributed by atoms with Gasteiger partial charge in [-0.3, -0.25) is 0 Å². The van der Waals surface area contributed by atoms with E-state index in [0.717, 1.165) is 35.9 Å². The molecule has 0 spiro atoms. The second-order valence-electron chi connectivity index (χ2n) is 5.63. The Balaban J connectivity index is 0.00000364. The highest BCUT2D eigenvalue weighted by Gasteiger charge is 2.07. The molecular formula is C17H26IN5O2S2. The van der Waals surface area contributed by atoms with Gasteiger partial charge in [-0.2, -0.15) is 0 Å². The van der Waals surface area contributed by atoms with Gasteiger partial charge in [0.15, 0.2) is 5.96 Å². The van der Waals surface area contributed by atoms with Crippen LogP contribution in [0.25, 0.3) is 0 Å². The number of halogens is 1. The molecule has 0 aliphatic rings. The van der Waals surface area contributed by atoms with E-state index in [1.165, 1.54) is 17.0 Å². The largest absolute Gasteiger partial charge is 0.357 e. The summed E-state index contributed by atoms with van der Waals surface area (Å²) in [5.41, 5.74) is 1.02. The Morgan fingerprint density at radius 2 is 1.93 bits per heavy atom. The fraction of sp³-hybridized carbons (Fsp3) is 0.412. The monoisotopic (exact) mass is 523 g/mol. The Labute approximate surface area is 182 Å². The summed E-state index contributed by atoms with van der Waals surface area (Å²) in [4.78, 5) is 10.3. The van der Waals surface area contributed by atoms with Gasteiger partial charge in [-0.05, 0) is 37.5 Å². The molecule has 0 aliphatic heterocycles. The molecule has 0 amide bonds. The van der Waals surface area contributed by atoms with Crippen LogP contribution in [0.4, 0.5) is 0 Å². The van der Waals surface area contributed by atoms with Gasteiger partial charge in [0.05, 0.1) is 11.4 Å². The Hall–Kier alpha value is -1.24. The number of guanidine groups is 1. The summed E-state index contributed by atoms with van der Waals surface area (Å²) in [5.74, 6) is 0.738. The molecule has 0 radical (unpaired) electrons. The molecule has 1 aromatic heterocycles. The number of rotatable bonds is 8. The van der Waals surface area contributed by atoms with Crippen molar-refractivity contribution in [2.75, 3.05) is 13.1 Å². The lowest BCUT2D eigenvalue weighted by atomic mass is 10.1. The summed E-state index contributed by atoms with van der Waals surface area (Å²) in [6.45, 7) is 6.12. The minimum Gasteiger partial charge on any atom is -0.357 e. The average Bonchev–Trinajstić information content (AvgIpc) is 3.07. The highest BCUT2D eigenvalue weighted by molar-refractivity contribution is 14.0. The normalized spacial score (nSPS) is 11.7. The maximum atomic E-state index is 11.3. The molecule has 1 heterocycles. The number of sulfonamides is 1. The molecule has 0 atom stereocenters. The lowest BCUT2D eigenvalue weighted by molar-refractivity contribution is 0.598. The third-order valence-electron chi connectivity index (χ3n) is 3.62. The molecular weight excluding hydrogens is 497 g/mol. The van der Waals surface area contributed by atoms with Gasteiger partial charge in [0, 0.05) is 24.2 Å². The van der Waals surface area contributed by atoms with E-state index in [9.17, 15) is 8.42 Å². The maximum Gasteiger partial charge on any atom is 0.238 e. The lowest BCUT2D eigenvalue weighted by Gasteiger charge is -2.11. The number of thiazole rings is 1. The third-order valence-corrected chi connectivity index (χ3v) is 5.68. The van der Waals surface area contributed by atoms with E-state index in [4.69, 9.17) is 5.14 Å². The first kappa shape index (κ1) is 23.8. The van der Waals surface area contributed by atoms with Gasteiger partial charge < -0.3 is 10.6 Å². The number of hydrogen-bond donors (Lipinski definition) is 3. The van der Waals surface area contributed by atoms with Crippen LogP contribution in [0, 0.1) is 0 Å². The fourth-order valence-electron chi connectivity index (χ4n) is 2.24. The van der Waals surface area contributed by atoms with Crippen LogP contribution < -0.4 is 15.8 Å². The van der Waals surface area contributed by atoms with Gasteiger partial charge in [-0.1, -0.05) is 19.1 Å². The van der Waals surface area contributed by atoms with Crippen LogP contribution in [-0.4, -0.2) is 32.5 Å². The molecule has 0 unspecified atom stereocenters. The predicted octanol–water partition coefficient (Wildman–Crippen LogP) is 2.27. The zero-order valence-electron chi connectivity index (χ0n) is 15.4. The summed E-state index contributed by atoms with van der Waals surface area (Å²) in [6, 6.07) is 6.59. The zero-order valence-corrected chi connectivity index (χ0v) is 19.4. The molecule has 150 valence electrons. The first-order valence-electron chi connectivity index (χ1n) is 8.50. The molecule has 7 nitrogen and oxygen atoms in total. The number of nitrogens with zero attached hydrogens (tertiary/aromatic N) is 2. The molecule has 27 heavy (non-hydrogen) atoms. The van der Waals surface area contributed by atoms with Crippen molar-refractivity contribution < 1.29 is 8.42 Å². The van der Waals surface area contributed by atoms with Crippen LogP contribution in [0.2, 0.25) is 0 Å². The first-order valence-corrected chi connectivity index (χ1v) is 10.9. The standard InChI is InChI=1S/C17H25N5O2S2.HI/c1-3-14-11-21-16(25-14)12-22-17(19-4-2)20-10-9-13-5-7-15(8-6-13)26(18,23)24;/h5-8,11H,3-4,9-10,12H2,1-2H3,(H2,18,23,24)(H2,19,20,22);1H. The molecule has 0 saturated heterocycles. The van der Waals surface area contributed by atoms with E-state index in [0.29, 0.717) is 13.1 Å². The van der Waals surface area contributed by atoms with Crippen molar-refractivity contribution in [1.29, 1.82) is 0 Å². The van der Waals surface area contributed by atoms with E-state index >= 15 is 0 Å².